The first-order chi connectivity index (χ1) is 7.67. The number of fused-ring (bicyclic) bond motifs is 1. The second-order valence-corrected chi connectivity index (χ2v) is 4.96. The second-order valence-electron chi connectivity index (χ2n) is 4.96. The Hall–Kier alpha value is -1.36. The third-order valence-corrected chi connectivity index (χ3v) is 3.92. The lowest BCUT2D eigenvalue weighted by Crippen LogP contribution is -2.54. The molecule has 1 aromatic heterocycles. The van der Waals surface area contributed by atoms with Gasteiger partial charge in [0.1, 0.15) is 5.82 Å². The predicted molar refractivity (Wildman–Crippen MR) is 58.5 cm³/mol. The summed E-state index contributed by atoms with van der Waals surface area (Å²) in [5.74, 6) is 1.39. The van der Waals surface area contributed by atoms with Gasteiger partial charge in [0.15, 0.2) is 0 Å². The van der Waals surface area contributed by atoms with E-state index in [2.05, 4.69) is 9.97 Å². The SMILES string of the molecule is N[C@]12CC[C@H]1CN(C(=O)Cc1ncc[nH]1)C2. The summed E-state index contributed by atoms with van der Waals surface area (Å²) in [7, 11) is 0. The largest absolute Gasteiger partial charge is 0.348 e. The van der Waals surface area contributed by atoms with Crippen LogP contribution in [0, 0.1) is 5.92 Å². The molecule has 3 N–H and O–H groups in total. The first-order valence-electron chi connectivity index (χ1n) is 5.72. The Kier molecular flexibility index (Phi) is 2.04. The van der Waals surface area contributed by atoms with Crippen molar-refractivity contribution in [2.75, 3.05) is 13.1 Å². The van der Waals surface area contributed by atoms with Gasteiger partial charge >= 0.3 is 0 Å². The van der Waals surface area contributed by atoms with Crippen LogP contribution in [0.1, 0.15) is 18.7 Å². The molecule has 1 amide bonds. The average molecular weight is 220 g/mol. The smallest absolute Gasteiger partial charge is 0.230 e. The summed E-state index contributed by atoms with van der Waals surface area (Å²) in [6, 6.07) is 0. The second kappa shape index (κ2) is 3.31. The number of likely N-dealkylation sites (tertiary alicyclic amines) is 1. The van der Waals surface area contributed by atoms with E-state index in [1.807, 2.05) is 4.90 Å². The molecule has 1 aliphatic carbocycles. The van der Waals surface area contributed by atoms with Crippen LogP contribution in [0.25, 0.3) is 0 Å². The molecular weight excluding hydrogens is 204 g/mol. The number of aromatic amines is 1. The summed E-state index contributed by atoms with van der Waals surface area (Å²) < 4.78 is 0. The van der Waals surface area contributed by atoms with Crippen LogP contribution in [-0.4, -0.2) is 39.4 Å². The van der Waals surface area contributed by atoms with Crippen molar-refractivity contribution in [3.8, 4) is 0 Å². The number of rotatable bonds is 2. The minimum atomic E-state index is -0.0845. The van der Waals surface area contributed by atoms with Gasteiger partial charge in [0.25, 0.3) is 0 Å². The van der Waals surface area contributed by atoms with Crippen molar-refractivity contribution in [2.45, 2.75) is 24.8 Å². The quantitative estimate of drug-likeness (QED) is 0.731. The van der Waals surface area contributed by atoms with Crippen LogP contribution in [-0.2, 0) is 11.2 Å². The number of hydrogen-bond donors (Lipinski definition) is 2. The molecule has 1 aliphatic heterocycles. The number of nitrogens with one attached hydrogen (secondary N) is 1. The van der Waals surface area contributed by atoms with Crippen LogP contribution < -0.4 is 5.73 Å². The topological polar surface area (TPSA) is 75.0 Å². The molecule has 0 bridgehead atoms. The van der Waals surface area contributed by atoms with E-state index in [-0.39, 0.29) is 11.4 Å². The fraction of sp³-hybridized carbons (Fsp3) is 0.636. The zero-order chi connectivity index (χ0) is 11.2. The van der Waals surface area contributed by atoms with Gasteiger partial charge in [-0.25, -0.2) is 4.98 Å². The third-order valence-electron chi connectivity index (χ3n) is 3.92. The maximum Gasteiger partial charge on any atom is 0.230 e. The molecule has 2 aliphatic rings. The Bertz CT molecular complexity index is 402. The molecule has 3 rings (SSSR count). The van der Waals surface area contributed by atoms with Gasteiger partial charge in [0.05, 0.1) is 6.42 Å². The maximum absolute atomic E-state index is 12.0. The zero-order valence-electron chi connectivity index (χ0n) is 9.15. The Morgan fingerprint density at radius 1 is 1.75 bits per heavy atom. The average Bonchev–Trinajstić information content (AvgIpc) is 2.80. The van der Waals surface area contributed by atoms with Crippen molar-refractivity contribution in [1.82, 2.24) is 14.9 Å². The number of amides is 1. The summed E-state index contributed by atoms with van der Waals surface area (Å²) in [5, 5.41) is 0. The van der Waals surface area contributed by atoms with E-state index in [4.69, 9.17) is 5.73 Å². The normalized spacial score (nSPS) is 32.3. The number of nitrogens with zero attached hydrogens (tertiary/aromatic N) is 2. The van der Waals surface area contributed by atoms with Crippen LogP contribution >= 0.6 is 0 Å². The highest BCUT2D eigenvalue weighted by molar-refractivity contribution is 5.78. The van der Waals surface area contributed by atoms with Crippen molar-refractivity contribution >= 4 is 5.91 Å². The molecule has 1 aromatic rings. The third kappa shape index (κ3) is 1.43. The van der Waals surface area contributed by atoms with E-state index in [0.29, 0.717) is 12.3 Å². The predicted octanol–water partition coefficient (Wildman–Crippen LogP) is -0.0981. The minimum absolute atomic E-state index is 0.0845. The lowest BCUT2D eigenvalue weighted by molar-refractivity contribution is -0.129. The van der Waals surface area contributed by atoms with E-state index in [9.17, 15) is 4.79 Å². The number of nitrogens with two attached hydrogens (primary N) is 1. The highest BCUT2D eigenvalue weighted by atomic mass is 16.2. The summed E-state index contributed by atoms with van der Waals surface area (Å²) in [4.78, 5) is 20.9. The van der Waals surface area contributed by atoms with Gasteiger partial charge in [0, 0.05) is 31.0 Å². The highest BCUT2D eigenvalue weighted by Gasteiger charge is 2.51. The lowest BCUT2D eigenvalue weighted by Gasteiger charge is -2.39. The van der Waals surface area contributed by atoms with Crippen LogP contribution in [0.2, 0.25) is 0 Å². The Balaban J connectivity index is 1.64. The van der Waals surface area contributed by atoms with E-state index >= 15 is 0 Å². The van der Waals surface area contributed by atoms with Crippen LogP contribution in [0.4, 0.5) is 0 Å². The molecule has 0 radical (unpaired) electrons. The molecule has 16 heavy (non-hydrogen) atoms. The monoisotopic (exact) mass is 220 g/mol. The molecule has 1 saturated carbocycles. The fourth-order valence-electron chi connectivity index (χ4n) is 2.73. The fourth-order valence-corrected chi connectivity index (χ4v) is 2.73. The zero-order valence-corrected chi connectivity index (χ0v) is 9.15. The Morgan fingerprint density at radius 2 is 2.62 bits per heavy atom. The molecule has 0 spiro atoms. The van der Waals surface area contributed by atoms with Crippen molar-refractivity contribution in [3.05, 3.63) is 18.2 Å². The number of hydrogen-bond acceptors (Lipinski definition) is 3. The molecule has 2 heterocycles. The molecule has 86 valence electrons. The standard InChI is InChI=1S/C11H16N4O/c12-11-2-1-8(11)6-15(7-11)10(16)5-9-13-3-4-14-9/h3-4,8H,1-2,5-7,12H2,(H,13,14)/t8-,11-/m0/s1. The van der Waals surface area contributed by atoms with Crippen molar-refractivity contribution < 1.29 is 4.79 Å². The van der Waals surface area contributed by atoms with E-state index < -0.39 is 0 Å². The lowest BCUT2D eigenvalue weighted by atomic mass is 9.70. The Morgan fingerprint density at radius 3 is 3.12 bits per heavy atom. The molecule has 2 fully saturated rings. The number of carbonyl (C=O) groups excluding carboxylic acids is 1. The van der Waals surface area contributed by atoms with Crippen LogP contribution in [0.5, 0.6) is 0 Å². The number of H-pyrrole nitrogens is 1. The van der Waals surface area contributed by atoms with Gasteiger partial charge in [-0.2, -0.15) is 0 Å². The molecule has 5 nitrogen and oxygen atoms in total. The first-order valence-corrected chi connectivity index (χ1v) is 5.72. The summed E-state index contributed by atoms with van der Waals surface area (Å²) in [5.41, 5.74) is 6.11. The van der Waals surface area contributed by atoms with Crippen LogP contribution in [0.3, 0.4) is 0 Å². The van der Waals surface area contributed by atoms with Crippen molar-refractivity contribution in [2.24, 2.45) is 11.7 Å². The van der Waals surface area contributed by atoms with Crippen molar-refractivity contribution in [1.29, 1.82) is 0 Å². The molecule has 5 heteroatoms. The van der Waals surface area contributed by atoms with Gasteiger partial charge in [-0.05, 0) is 18.8 Å². The summed E-state index contributed by atoms with van der Waals surface area (Å²) in [6.07, 6.45) is 5.99. The number of aromatic nitrogens is 2. The highest BCUT2D eigenvalue weighted by Crippen LogP contribution is 2.42. The molecule has 0 unspecified atom stereocenters. The maximum atomic E-state index is 12.0. The van der Waals surface area contributed by atoms with Gasteiger partial charge in [-0.1, -0.05) is 0 Å². The summed E-state index contributed by atoms with van der Waals surface area (Å²) in [6.45, 7) is 1.55. The van der Waals surface area contributed by atoms with Gasteiger partial charge in [-0.15, -0.1) is 0 Å². The summed E-state index contributed by atoms with van der Waals surface area (Å²) >= 11 is 0. The van der Waals surface area contributed by atoms with Crippen molar-refractivity contribution in [3.63, 3.8) is 0 Å². The number of carbonyl (C=O) groups is 1. The molecule has 1 saturated heterocycles. The van der Waals surface area contributed by atoms with Crippen LogP contribution in [0.15, 0.2) is 12.4 Å². The molecule has 2 atom stereocenters. The van der Waals surface area contributed by atoms with E-state index in [1.165, 1.54) is 6.42 Å². The van der Waals surface area contributed by atoms with E-state index in [1.54, 1.807) is 12.4 Å². The van der Waals surface area contributed by atoms with Gasteiger partial charge < -0.3 is 15.6 Å². The number of imidazole rings is 1. The Labute approximate surface area is 94.0 Å². The van der Waals surface area contributed by atoms with Gasteiger partial charge in [0.2, 0.25) is 5.91 Å². The minimum Gasteiger partial charge on any atom is -0.348 e. The van der Waals surface area contributed by atoms with E-state index in [0.717, 1.165) is 25.3 Å². The first kappa shape index (κ1) is 9.84. The molecule has 0 aromatic carbocycles. The molecular formula is C11H16N4O. The van der Waals surface area contributed by atoms with Gasteiger partial charge in [-0.3, -0.25) is 4.79 Å².